The summed E-state index contributed by atoms with van der Waals surface area (Å²) < 4.78 is 25.0. The van der Waals surface area contributed by atoms with Crippen LogP contribution >= 0.6 is 0 Å². The van der Waals surface area contributed by atoms with Crippen LogP contribution < -0.4 is 4.74 Å². The third-order valence-electron chi connectivity index (χ3n) is 5.52. The lowest BCUT2D eigenvalue weighted by molar-refractivity contribution is 0.0197. The molecule has 1 atom stereocenters. The molecule has 1 aromatic carbocycles. The van der Waals surface area contributed by atoms with Gasteiger partial charge in [0, 0.05) is 41.8 Å². The van der Waals surface area contributed by atoms with Crippen LogP contribution in [0.3, 0.4) is 0 Å². The lowest BCUT2D eigenvalue weighted by Gasteiger charge is -2.33. The minimum absolute atomic E-state index is 0.151. The van der Waals surface area contributed by atoms with Crippen LogP contribution in [0.15, 0.2) is 36.5 Å². The van der Waals surface area contributed by atoms with Crippen LogP contribution in [0.1, 0.15) is 45.2 Å². The Morgan fingerprint density at radius 2 is 2.03 bits per heavy atom. The molecule has 1 saturated heterocycles. The van der Waals surface area contributed by atoms with Crippen LogP contribution in [0, 0.1) is 5.82 Å². The van der Waals surface area contributed by atoms with Crippen LogP contribution in [-0.4, -0.2) is 46.8 Å². The Kier molecular flexibility index (Phi) is 5.60. The zero-order chi connectivity index (χ0) is 22.2. The van der Waals surface area contributed by atoms with Gasteiger partial charge in [-0.1, -0.05) is 0 Å². The van der Waals surface area contributed by atoms with Crippen molar-refractivity contribution in [2.24, 2.45) is 0 Å². The van der Waals surface area contributed by atoms with E-state index in [-0.39, 0.29) is 17.8 Å². The van der Waals surface area contributed by atoms with Gasteiger partial charge in [-0.25, -0.2) is 14.2 Å². The number of aromatic nitrogens is 2. The van der Waals surface area contributed by atoms with Crippen LogP contribution in [-0.2, 0) is 4.74 Å². The standard InChI is InChI=1S/C24H28FN3O3/c1-24(2,3)31-23(29)28-11-5-6-15(14-28)20-13-19-17(9-10-26-22(19)27-20)18-12-16(25)7-8-21(18)30-4/h7-10,12-13,15H,5-6,11,14H2,1-4H3,(H,26,27). The normalized spacial score (nSPS) is 17.1. The summed E-state index contributed by atoms with van der Waals surface area (Å²) in [6.07, 6.45) is 3.29. The van der Waals surface area contributed by atoms with Crippen molar-refractivity contribution in [3.8, 4) is 16.9 Å². The monoisotopic (exact) mass is 425 g/mol. The number of hydrogen-bond donors (Lipinski definition) is 1. The number of pyridine rings is 1. The number of amides is 1. The number of H-pyrrole nitrogens is 1. The highest BCUT2D eigenvalue weighted by Crippen LogP contribution is 2.37. The van der Waals surface area contributed by atoms with E-state index in [0.717, 1.165) is 35.1 Å². The predicted octanol–water partition coefficient (Wildman–Crippen LogP) is 5.49. The number of ether oxygens (including phenoxy) is 2. The molecule has 1 fully saturated rings. The predicted molar refractivity (Wildman–Crippen MR) is 118 cm³/mol. The van der Waals surface area contributed by atoms with E-state index >= 15 is 0 Å². The lowest BCUT2D eigenvalue weighted by Crippen LogP contribution is -2.42. The summed E-state index contributed by atoms with van der Waals surface area (Å²) in [5.41, 5.74) is 2.75. The number of hydrogen-bond acceptors (Lipinski definition) is 4. The number of piperidine rings is 1. The van der Waals surface area contributed by atoms with E-state index in [0.29, 0.717) is 24.4 Å². The van der Waals surface area contributed by atoms with Gasteiger partial charge in [-0.2, -0.15) is 0 Å². The van der Waals surface area contributed by atoms with Crippen molar-refractivity contribution in [3.63, 3.8) is 0 Å². The smallest absolute Gasteiger partial charge is 0.410 e. The summed E-state index contributed by atoms with van der Waals surface area (Å²) in [6.45, 7) is 6.89. The van der Waals surface area contributed by atoms with Gasteiger partial charge in [0.2, 0.25) is 0 Å². The lowest BCUT2D eigenvalue weighted by atomic mass is 9.94. The van der Waals surface area contributed by atoms with Gasteiger partial charge < -0.3 is 19.4 Å². The van der Waals surface area contributed by atoms with E-state index in [1.165, 1.54) is 12.1 Å². The maximum atomic E-state index is 14.0. The second-order valence-electron chi connectivity index (χ2n) is 8.96. The molecule has 1 aliphatic heterocycles. The Bertz CT molecular complexity index is 1100. The van der Waals surface area contributed by atoms with Gasteiger partial charge in [0.15, 0.2) is 0 Å². The molecule has 0 bridgehead atoms. The first kappa shape index (κ1) is 21.2. The molecule has 1 N–H and O–H groups in total. The second-order valence-corrected chi connectivity index (χ2v) is 8.96. The molecule has 7 heteroatoms. The van der Waals surface area contributed by atoms with Crippen LogP contribution in [0.4, 0.5) is 9.18 Å². The van der Waals surface area contributed by atoms with Gasteiger partial charge in [-0.15, -0.1) is 0 Å². The highest BCUT2D eigenvalue weighted by molar-refractivity contribution is 5.95. The fraction of sp³-hybridized carbons (Fsp3) is 0.417. The van der Waals surface area contributed by atoms with E-state index < -0.39 is 5.60 Å². The molecule has 1 amide bonds. The van der Waals surface area contributed by atoms with E-state index in [1.807, 2.05) is 26.8 Å². The third kappa shape index (κ3) is 4.50. The fourth-order valence-electron chi connectivity index (χ4n) is 4.12. The average Bonchev–Trinajstić information content (AvgIpc) is 3.17. The van der Waals surface area contributed by atoms with Crippen molar-refractivity contribution < 1.29 is 18.7 Å². The van der Waals surface area contributed by atoms with Crippen molar-refractivity contribution >= 4 is 17.1 Å². The molecule has 0 aliphatic carbocycles. The SMILES string of the molecule is COc1ccc(F)cc1-c1ccnc2[nH]c(C3CCCN(C(=O)OC(C)(C)C)C3)cc12. The van der Waals surface area contributed by atoms with Gasteiger partial charge in [-0.05, 0) is 69.5 Å². The van der Waals surface area contributed by atoms with Crippen LogP contribution in [0.25, 0.3) is 22.2 Å². The maximum absolute atomic E-state index is 14.0. The first-order chi connectivity index (χ1) is 14.7. The molecule has 31 heavy (non-hydrogen) atoms. The summed E-state index contributed by atoms with van der Waals surface area (Å²) in [6, 6.07) is 8.42. The van der Waals surface area contributed by atoms with Gasteiger partial charge in [0.25, 0.3) is 0 Å². The summed E-state index contributed by atoms with van der Waals surface area (Å²) in [4.78, 5) is 22.2. The number of nitrogens with one attached hydrogen (secondary N) is 1. The average molecular weight is 426 g/mol. The Balaban J connectivity index is 1.66. The second kappa shape index (κ2) is 8.21. The topological polar surface area (TPSA) is 67.5 Å². The Morgan fingerprint density at radius 3 is 2.77 bits per heavy atom. The minimum atomic E-state index is -0.520. The molecule has 2 aromatic heterocycles. The van der Waals surface area contributed by atoms with E-state index in [9.17, 15) is 9.18 Å². The number of aromatic amines is 1. The first-order valence-electron chi connectivity index (χ1n) is 10.5. The largest absolute Gasteiger partial charge is 0.496 e. The van der Waals surface area contributed by atoms with Gasteiger partial charge in [-0.3, -0.25) is 0 Å². The van der Waals surface area contributed by atoms with Gasteiger partial charge in [0.1, 0.15) is 22.8 Å². The molecule has 1 unspecified atom stereocenters. The van der Waals surface area contributed by atoms with E-state index in [2.05, 4.69) is 16.0 Å². The molecule has 0 radical (unpaired) electrons. The summed E-state index contributed by atoms with van der Waals surface area (Å²) in [5.74, 6) is 0.431. The third-order valence-corrected chi connectivity index (χ3v) is 5.52. The first-order valence-corrected chi connectivity index (χ1v) is 10.5. The molecule has 4 rings (SSSR count). The Hall–Kier alpha value is -3.09. The quantitative estimate of drug-likeness (QED) is 0.602. The van der Waals surface area contributed by atoms with Gasteiger partial charge in [0.05, 0.1) is 7.11 Å². The number of likely N-dealkylation sites (tertiary alicyclic amines) is 1. The molecular formula is C24H28FN3O3. The summed E-state index contributed by atoms with van der Waals surface area (Å²) in [5, 5.41) is 0.899. The van der Waals surface area contributed by atoms with E-state index in [1.54, 1.807) is 24.3 Å². The maximum Gasteiger partial charge on any atom is 0.410 e. The number of carbonyl (C=O) groups excluding carboxylic acids is 1. The van der Waals surface area contributed by atoms with Crippen molar-refractivity contribution in [1.29, 1.82) is 0 Å². The zero-order valence-corrected chi connectivity index (χ0v) is 18.4. The number of fused-ring (bicyclic) bond motifs is 1. The molecule has 0 saturated carbocycles. The summed E-state index contributed by atoms with van der Waals surface area (Å²) >= 11 is 0. The number of benzene rings is 1. The minimum Gasteiger partial charge on any atom is -0.496 e. The zero-order valence-electron chi connectivity index (χ0n) is 18.4. The highest BCUT2D eigenvalue weighted by atomic mass is 19.1. The molecular weight excluding hydrogens is 397 g/mol. The molecule has 1 aliphatic rings. The Labute approximate surface area is 181 Å². The molecule has 6 nitrogen and oxygen atoms in total. The number of halogens is 1. The molecule has 164 valence electrons. The van der Waals surface area contributed by atoms with E-state index in [4.69, 9.17) is 9.47 Å². The van der Waals surface area contributed by atoms with Crippen molar-refractivity contribution in [2.75, 3.05) is 20.2 Å². The number of carbonyl (C=O) groups is 1. The van der Waals surface area contributed by atoms with Crippen molar-refractivity contribution in [2.45, 2.75) is 45.1 Å². The van der Waals surface area contributed by atoms with Gasteiger partial charge >= 0.3 is 6.09 Å². The molecule has 0 spiro atoms. The number of methoxy groups -OCH3 is 1. The van der Waals surface area contributed by atoms with Crippen molar-refractivity contribution in [1.82, 2.24) is 14.9 Å². The number of rotatable bonds is 3. The van der Waals surface area contributed by atoms with Crippen molar-refractivity contribution in [3.05, 3.63) is 48.0 Å². The molecule has 3 aromatic rings. The molecule has 3 heterocycles. The number of nitrogens with zero attached hydrogens (tertiary/aromatic N) is 2. The highest BCUT2D eigenvalue weighted by Gasteiger charge is 2.29. The van der Waals surface area contributed by atoms with Crippen LogP contribution in [0.2, 0.25) is 0 Å². The van der Waals surface area contributed by atoms with Crippen LogP contribution in [0.5, 0.6) is 5.75 Å². The fourth-order valence-corrected chi connectivity index (χ4v) is 4.12. The Morgan fingerprint density at radius 1 is 1.23 bits per heavy atom. The summed E-state index contributed by atoms with van der Waals surface area (Å²) in [7, 11) is 1.57.